The Morgan fingerprint density at radius 2 is 1.07 bits per heavy atom. The minimum Gasteiger partial charge on any atom is -0.309 e. The van der Waals surface area contributed by atoms with Crippen LogP contribution in [0.1, 0.15) is 16.7 Å². The Hall–Kier alpha value is -3.92. The second kappa shape index (κ2) is 12.3. The first kappa shape index (κ1) is 27.3. The van der Waals surface area contributed by atoms with Gasteiger partial charge in [-0.05, 0) is 78.1 Å². The molecule has 0 saturated heterocycles. The van der Waals surface area contributed by atoms with Crippen LogP contribution in [0.2, 0.25) is 0 Å². The molecule has 200 valence electrons. The lowest BCUT2D eigenvalue weighted by Crippen LogP contribution is -1.92. The molecule has 6 aromatic carbocycles. The molecule has 0 saturated carbocycles. The highest BCUT2D eigenvalue weighted by Gasteiger charge is 2.17. The first-order valence-electron chi connectivity index (χ1n) is 13.7. The van der Waals surface area contributed by atoms with Crippen LogP contribution in [0.4, 0.5) is 0 Å². The van der Waals surface area contributed by atoms with Crippen molar-refractivity contribution in [2.75, 3.05) is 0 Å². The van der Waals surface area contributed by atoms with Crippen LogP contribution in [0.25, 0.3) is 38.6 Å². The van der Waals surface area contributed by atoms with Gasteiger partial charge in [-0.1, -0.05) is 141 Å². The van der Waals surface area contributed by atoms with E-state index in [0.717, 1.165) is 10.9 Å². The van der Waals surface area contributed by atoms with Gasteiger partial charge >= 0.3 is 0 Å². The van der Waals surface area contributed by atoms with E-state index in [0.29, 0.717) is 0 Å². The fourth-order valence-corrected chi connectivity index (χ4v) is 6.20. The molecule has 1 heterocycles. The van der Waals surface area contributed by atoms with Crippen LogP contribution in [0, 0.1) is 6.92 Å². The summed E-state index contributed by atoms with van der Waals surface area (Å²) >= 11 is 7.09. The molecule has 0 bridgehead atoms. The number of fused-ring (bicyclic) bond motifs is 6. The predicted molar refractivity (Wildman–Crippen MR) is 182 cm³/mol. The molecule has 1 aromatic heterocycles. The van der Waals surface area contributed by atoms with Gasteiger partial charge in [0, 0.05) is 25.4 Å². The second-order valence-corrected chi connectivity index (χ2v) is 12.0. The van der Waals surface area contributed by atoms with Crippen molar-refractivity contribution in [3.63, 3.8) is 0 Å². The van der Waals surface area contributed by atoms with Crippen LogP contribution < -0.4 is 0 Å². The normalized spacial score (nSPS) is 11.2. The van der Waals surface area contributed by atoms with E-state index in [1.54, 1.807) is 0 Å². The quantitative estimate of drug-likeness (QED) is 0.165. The van der Waals surface area contributed by atoms with Crippen molar-refractivity contribution in [2.24, 2.45) is 0 Å². The molecule has 0 aliphatic heterocycles. The predicted octanol–water partition coefficient (Wildman–Crippen LogP) is 11.6. The number of aromatic nitrogens is 1. The molecule has 1 aliphatic rings. The minimum absolute atomic E-state index is 1.07. The number of para-hydroxylation sites is 2. The van der Waals surface area contributed by atoms with Gasteiger partial charge in [0.1, 0.15) is 0 Å². The van der Waals surface area contributed by atoms with Gasteiger partial charge in [-0.15, -0.1) is 0 Å². The Bertz CT molecular complexity index is 1940. The molecular formula is C38H29Br2N. The average Bonchev–Trinajstić information content (AvgIpc) is 3.53. The molecule has 7 aromatic rings. The maximum absolute atomic E-state index is 3.58. The van der Waals surface area contributed by atoms with Gasteiger partial charge in [0.25, 0.3) is 0 Å². The summed E-state index contributed by atoms with van der Waals surface area (Å²) in [6.07, 6.45) is 1.07. The smallest absolute Gasteiger partial charge is 0.0552 e. The third-order valence-corrected chi connectivity index (χ3v) is 8.33. The highest BCUT2D eigenvalue weighted by Crippen LogP contribution is 2.37. The molecule has 0 amide bonds. The molecule has 1 aliphatic carbocycles. The van der Waals surface area contributed by atoms with E-state index in [4.69, 9.17) is 0 Å². The fourth-order valence-electron chi connectivity index (χ4n) is 5.45. The standard InChI is InChI=1S/C18H12BrN.C13H9Br.C7H8/c19-13-10-11-16-15-8-4-5-9-17(15)20(18(16)12-13)14-6-2-1-3-7-14;14-11-5-6-13-10(8-11)7-9-3-1-2-4-12(9)13;1-7-5-3-2-4-6-7/h1-12H;1-6,8H,7H2;2-6H,1H3. The summed E-state index contributed by atoms with van der Waals surface area (Å²) in [5.74, 6) is 0. The lowest BCUT2D eigenvalue weighted by molar-refractivity contribution is 1.18. The van der Waals surface area contributed by atoms with Crippen LogP contribution in [0.15, 0.2) is 155 Å². The van der Waals surface area contributed by atoms with Gasteiger partial charge in [0.15, 0.2) is 0 Å². The molecule has 0 unspecified atom stereocenters. The lowest BCUT2D eigenvalue weighted by atomic mass is 10.1. The molecule has 0 radical (unpaired) electrons. The summed E-state index contributed by atoms with van der Waals surface area (Å²) in [6.45, 7) is 2.08. The van der Waals surface area contributed by atoms with Gasteiger partial charge < -0.3 is 4.57 Å². The second-order valence-electron chi connectivity index (χ2n) is 10.1. The Morgan fingerprint density at radius 3 is 1.83 bits per heavy atom. The van der Waals surface area contributed by atoms with Crippen molar-refractivity contribution in [2.45, 2.75) is 13.3 Å². The molecule has 3 heteroatoms. The number of hydrogen-bond donors (Lipinski definition) is 0. The number of nitrogens with zero attached hydrogens (tertiary/aromatic N) is 1. The number of hydrogen-bond acceptors (Lipinski definition) is 0. The number of benzene rings is 6. The summed E-state index contributed by atoms with van der Waals surface area (Å²) in [4.78, 5) is 0. The van der Waals surface area contributed by atoms with Crippen molar-refractivity contribution in [3.8, 4) is 16.8 Å². The number of aryl methyl sites for hydroxylation is 1. The van der Waals surface area contributed by atoms with E-state index in [-0.39, 0.29) is 0 Å². The van der Waals surface area contributed by atoms with E-state index < -0.39 is 0 Å². The zero-order valence-corrected chi connectivity index (χ0v) is 25.9. The summed E-state index contributed by atoms with van der Waals surface area (Å²) in [5, 5.41) is 2.58. The van der Waals surface area contributed by atoms with Gasteiger partial charge in [-0.2, -0.15) is 0 Å². The van der Waals surface area contributed by atoms with Crippen LogP contribution in [-0.2, 0) is 6.42 Å². The number of rotatable bonds is 1. The SMILES string of the molecule is Brc1ccc2c(c1)Cc1ccccc1-2.Brc1ccc2c3ccccc3n(-c3ccccc3)c2c1.Cc1ccccc1. The summed E-state index contributed by atoms with van der Waals surface area (Å²) in [6, 6.07) is 50.9. The number of halogens is 2. The highest BCUT2D eigenvalue weighted by atomic mass is 79.9. The average molecular weight is 659 g/mol. The van der Waals surface area contributed by atoms with E-state index in [1.165, 1.54) is 59.8 Å². The monoisotopic (exact) mass is 657 g/mol. The maximum atomic E-state index is 3.58. The first-order chi connectivity index (χ1) is 20.1. The zero-order valence-electron chi connectivity index (χ0n) is 22.8. The van der Waals surface area contributed by atoms with Crippen LogP contribution >= 0.6 is 31.9 Å². The Labute approximate surface area is 258 Å². The van der Waals surface area contributed by atoms with Crippen molar-refractivity contribution in [3.05, 3.63) is 171 Å². The van der Waals surface area contributed by atoms with Crippen LogP contribution in [0.5, 0.6) is 0 Å². The molecule has 0 N–H and O–H groups in total. The zero-order chi connectivity index (χ0) is 28.2. The largest absolute Gasteiger partial charge is 0.309 e. The first-order valence-corrected chi connectivity index (χ1v) is 15.3. The van der Waals surface area contributed by atoms with Gasteiger partial charge in [-0.3, -0.25) is 0 Å². The van der Waals surface area contributed by atoms with E-state index in [9.17, 15) is 0 Å². The Morgan fingerprint density at radius 1 is 0.488 bits per heavy atom. The topological polar surface area (TPSA) is 4.93 Å². The lowest BCUT2D eigenvalue weighted by Gasteiger charge is -2.07. The van der Waals surface area contributed by atoms with Crippen molar-refractivity contribution in [1.29, 1.82) is 0 Å². The van der Waals surface area contributed by atoms with Crippen molar-refractivity contribution >= 4 is 53.7 Å². The molecular weight excluding hydrogens is 630 g/mol. The summed E-state index contributed by atoms with van der Waals surface area (Å²) in [7, 11) is 0. The summed E-state index contributed by atoms with van der Waals surface area (Å²) in [5.41, 5.74) is 10.7. The fraction of sp³-hybridized carbons (Fsp3) is 0.0526. The van der Waals surface area contributed by atoms with E-state index >= 15 is 0 Å². The van der Waals surface area contributed by atoms with Crippen molar-refractivity contribution < 1.29 is 0 Å². The molecule has 41 heavy (non-hydrogen) atoms. The third-order valence-electron chi connectivity index (χ3n) is 7.35. The molecule has 8 rings (SSSR count). The maximum Gasteiger partial charge on any atom is 0.0552 e. The third kappa shape index (κ3) is 5.93. The van der Waals surface area contributed by atoms with Crippen LogP contribution in [0.3, 0.4) is 0 Å². The molecule has 1 nitrogen and oxygen atoms in total. The summed E-state index contributed by atoms with van der Waals surface area (Å²) < 4.78 is 4.59. The van der Waals surface area contributed by atoms with Gasteiger partial charge in [-0.25, -0.2) is 0 Å². The van der Waals surface area contributed by atoms with Gasteiger partial charge in [0.2, 0.25) is 0 Å². The van der Waals surface area contributed by atoms with E-state index in [1.807, 2.05) is 24.3 Å². The van der Waals surface area contributed by atoms with E-state index in [2.05, 4.69) is 165 Å². The Balaban J connectivity index is 0.000000124. The molecule has 0 atom stereocenters. The molecule has 0 spiro atoms. The highest BCUT2D eigenvalue weighted by molar-refractivity contribution is 9.10. The van der Waals surface area contributed by atoms with Crippen molar-refractivity contribution in [1.82, 2.24) is 4.57 Å². The Kier molecular flexibility index (Phi) is 8.18. The van der Waals surface area contributed by atoms with Gasteiger partial charge in [0.05, 0.1) is 11.0 Å². The minimum atomic E-state index is 1.07. The van der Waals surface area contributed by atoms with Crippen LogP contribution in [-0.4, -0.2) is 4.57 Å². The molecule has 0 fully saturated rings.